The highest BCUT2D eigenvalue weighted by molar-refractivity contribution is 5.00. The standard InChI is InChI=1S/C8H12O2/c1-2-9-6-8-4-3-5-10-7-8/h2,7H,1,3-6H2. The molecule has 10 heavy (non-hydrogen) atoms. The van der Waals surface area contributed by atoms with E-state index < -0.39 is 0 Å². The van der Waals surface area contributed by atoms with E-state index in [4.69, 9.17) is 9.47 Å². The van der Waals surface area contributed by atoms with Gasteiger partial charge < -0.3 is 9.47 Å². The highest BCUT2D eigenvalue weighted by Crippen LogP contribution is 2.11. The van der Waals surface area contributed by atoms with E-state index in [-0.39, 0.29) is 0 Å². The summed E-state index contributed by atoms with van der Waals surface area (Å²) in [5.74, 6) is 0. The number of hydrogen-bond donors (Lipinski definition) is 0. The Kier molecular flexibility index (Phi) is 2.87. The molecule has 1 aliphatic rings. The lowest BCUT2D eigenvalue weighted by Crippen LogP contribution is -2.03. The van der Waals surface area contributed by atoms with Crippen LogP contribution in [0.1, 0.15) is 12.8 Å². The predicted molar refractivity (Wildman–Crippen MR) is 39.4 cm³/mol. The maximum Gasteiger partial charge on any atom is 0.112 e. The zero-order valence-corrected chi connectivity index (χ0v) is 6.01. The minimum Gasteiger partial charge on any atom is -0.501 e. The van der Waals surface area contributed by atoms with Crippen molar-refractivity contribution in [2.45, 2.75) is 12.8 Å². The second-order valence-corrected chi connectivity index (χ2v) is 2.23. The van der Waals surface area contributed by atoms with Crippen molar-refractivity contribution >= 4 is 0 Å². The zero-order chi connectivity index (χ0) is 7.23. The van der Waals surface area contributed by atoms with E-state index in [0.717, 1.165) is 19.4 Å². The molecule has 0 atom stereocenters. The quantitative estimate of drug-likeness (QED) is 0.557. The Morgan fingerprint density at radius 2 is 2.70 bits per heavy atom. The predicted octanol–water partition coefficient (Wildman–Crippen LogP) is 1.84. The van der Waals surface area contributed by atoms with Crippen LogP contribution in [-0.4, -0.2) is 13.2 Å². The minimum absolute atomic E-state index is 0.628. The molecule has 0 spiro atoms. The van der Waals surface area contributed by atoms with Crippen LogP contribution in [0.25, 0.3) is 0 Å². The molecule has 1 heterocycles. The van der Waals surface area contributed by atoms with Gasteiger partial charge >= 0.3 is 0 Å². The van der Waals surface area contributed by atoms with E-state index in [9.17, 15) is 0 Å². The number of ether oxygens (including phenoxy) is 2. The summed E-state index contributed by atoms with van der Waals surface area (Å²) in [6.07, 6.45) is 5.43. The monoisotopic (exact) mass is 140 g/mol. The molecule has 2 nitrogen and oxygen atoms in total. The van der Waals surface area contributed by atoms with Crippen LogP contribution >= 0.6 is 0 Å². The first-order valence-electron chi connectivity index (χ1n) is 3.45. The Labute approximate surface area is 61.1 Å². The Bertz CT molecular complexity index is 138. The summed E-state index contributed by atoms with van der Waals surface area (Å²) >= 11 is 0. The summed E-state index contributed by atoms with van der Waals surface area (Å²) < 4.78 is 10.1. The molecule has 0 saturated carbocycles. The summed E-state index contributed by atoms with van der Waals surface area (Å²) in [6.45, 7) is 4.93. The summed E-state index contributed by atoms with van der Waals surface area (Å²) in [5.41, 5.74) is 1.21. The van der Waals surface area contributed by atoms with Crippen LogP contribution in [0.2, 0.25) is 0 Å². The molecule has 0 aromatic carbocycles. The van der Waals surface area contributed by atoms with Crippen molar-refractivity contribution in [3.63, 3.8) is 0 Å². The third-order valence-electron chi connectivity index (χ3n) is 1.40. The summed E-state index contributed by atoms with van der Waals surface area (Å²) in [6, 6.07) is 0. The molecule has 2 heteroatoms. The fraction of sp³-hybridized carbons (Fsp3) is 0.500. The Morgan fingerprint density at radius 1 is 1.80 bits per heavy atom. The number of hydrogen-bond acceptors (Lipinski definition) is 2. The van der Waals surface area contributed by atoms with Crippen molar-refractivity contribution < 1.29 is 9.47 Å². The lowest BCUT2D eigenvalue weighted by Gasteiger charge is -2.12. The van der Waals surface area contributed by atoms with E-state index in [1.807, 2.05) is 0 Å². The maximum atomic E-state index is 5.10. The van der Waals surface area contributed by atoms with Gasteiger partial charge in [-0.2, -0.15) is 0 Å². The first-order chi connectivity index (χ1) is 4.93. The van der Waals surface area contributed by atoms with Gasteiger partial charge in [-0.1, -0.05) is 6.58 Å². The van der Waals surface area contributed by atoms with Crippen molar-refractivity contribution in [2.24, 2.45) is 0 Å². The summed E-state index contributed by atoms with van der Waals surface area (Å²) in [4.78, 5) is 0. The first kappa shape index (κ1) is 7.19. The molecule has 0 aromatic rings. The maximum absolute atomic E-state index is 5.10. The minimum atomic E-state index is 0.628. The van der Waals surface area contributed by atoms with Crippen molar-refractivity contribution in [1.82, 2.24) is 0 Å². The topological polar surface area (TPSA) is 18.5 Å². The highest BCUT2D eigenvalue weighted by atomic mass is 16.5. The molecule has 0 saturated heterocycles. The molecular weight excluding hydrogens is 128 g/mol. The fourth-order valence-electron chi connectivity index (χ4n) is 0.890. The van der Waals surface area contributed by atoms with Crippen molar-refractivity contribution in [2.75, 3.05) is 13.2 Å². The Morgan fingerprint density at radius 3 is 3.30 bits per heavy atom. The third kappa shape index (κ3) is 2.13. The zero-order valence-electron chi connectivity index (χ0n) is 6.01. The van der Waals surface area contributed by atoms with Crippen LogP contribution in [0.4, 0.5) is 0 Å². The van der Waals surface area contributed by atoms with Crippen LogP contribution in [0, 0.1) is 0 Å². The highest BCUT2D eigenvalue weighted by Gasteiger charge is 2.02. The average Bonchev–Trinajstić information content (AvgIpc) is 2.03. The molecule has 0 radical (unpaired) electrons. The van der Waals surface area contributed by atoms with Gasteiger partial charge in [0.1, 0.15) is 6.61 Å². The lowest BCUT2D eigenvalue weighted by molar-refractivity contribution is 0.204. The van der Waals surface area contributed by atoms with E-state index in [1.165, 1.54) is 11.8 Å². The second kappa shape index (κ2) is 3.99. The van der Waals surface area contributed by atoms with Crippen molar-refractivity contribution in [3.05, 3.63) is 24.7 Å². The van der Waals surface area contributed by atoms with Gasteiger partial charge in [-0.3, -0.25) is 0 Å². The second-order valence-electron chi connectivity index (χ2n) is 2.23. The van der Waals surface area contributed by atoms with E-state index in [2.05, 4.69) is 6.58 Å². The SMILES string of the molecule is C=COCC1=COCCC1. The Hall–Kier alpha value is -0.920. The summed E-state index contributed by atoms with van der Waals surface area (Å²) in [7, 11) is 0. The van der Waals surface area contributed by atoms with Crippen LogP contribution in [-0.2, 0) is 9.47 Å². The van der Waals surface area contributed by atoms with Gasteiger partial charge in [0.25, 0.3) is 0 Å². The van der Waals surface area contributed by atoms with Crippen molar-refractivity contribution in [1.29, 1.82) is 0 Å². The van der Waals surface area contributed by atoms with Gasteiger partial charge in [0.15, 0.2) is 0 Å². The van der Waals surface area contributed by atoms with Gasteiger partial charge in [-0.05, 0) is 12.8 Å². The van der Waals surface area contributed by atoms with Gasteiger partial charge in [-0.25, -0.2) is 0 Å². The number of rotatable bonds is 3. The largest absolute Gasteiger partial charge is 0.501 e. The van der Waals surface area contributed by atoms with Gasteiger partial charge in [0.05, 0.1) is 19.1 Å². The van der Waals surface area contributed by atoms with Crippen LogP contribution in [0.15, 0.2) is 24.7 Å². The average molecular weight is 140 g/mol. The van der Waals surface area contributed by atoms with E-state index >= 15 is 0 Å². The molecule has 0 bridgehead atoms. The Balaban J connectivity index is 2.24. The fourth-order valence-corrected chi connectivity index (χ4v) is 0.890. The van der Waals surface area contributed by atoms with Gasteiger partial charge in [0, 0.05) is 5.57 Å². The third-order valence-corrected chi connectivity index (χ3v) is 1.40. The van der Waals surface area contributed by atoms with E-state index in [1.54, 1.807) is 6.26 Å². The van der Waals surface area contributed by atoms with Crippen molar-refractivity contribution in [3.8, 4) is 0 Å². The molecule has 0 N–H and O–H groups in total. The lowest BCUT2D eigenvalue weighted by atomic mass is 10.1. The smallest absolute Gasteiger partial charge is 0.112 e. The molecule has 56 valence electrons. The molecular formula is C8H12O2. The van der Waals surface area contributed by atoms with E-state index in [0.29, 0.717) is 6.61 Å². The normalized spacial score (nSPS) is 17.0. The molecule has 0 aromatic heterocycles. The molecule has 0 amide bonds. The van der Waals surface area contributed by atoms with Gasteiger partial charge in [-0.15, -0.1) is 0 Å². The molecule has 0 unspecified atom stereocenters. The molecule has 0 aliphatic carbocycles. The summed E-state index contributed by atoms with van der Waals surface area (Å²) in [5, 5.41) is 0. The molecule has 0 fully saturated rings. The molecule has 1 aliphatic heterocycles. The molecule has 1 rings (SSSR count). The van der Waals surface area contributed by atoms with Crippen LogP contribution in [0.5, 0.6) is 0 Å². The first-order valence-corrected chi connectivity index (χ1v) is 3.45. The van der Waals surface area contributed by atoms with Crippen LogP contribution in [0.3, 0.4) is 0 Å². The van der Waals surface area contributed by atoms with Gasteiger partial charge in [0.2, 0.25) is 0 Å². The van der Waals surface area contributed by atoms with Crippen LogP contribution < -0.4 is 0 Å².